The summed E-state index contributed by atoms with van der Waals surface area (Å²) in [7, 11) is 0. The molecular formula is C13H15N3. The van der Waals surface area contributed by atoms with Gasteiger partial charge in [-0.05, 0) is 19.9 Å². The Labute approximate surface area is 95.6 Å². The van der Waals surface area contributed by atoms with Gasteiger partial charge in [0, 0.05) is 18.3 Å². The van der Waals surface area contributed by atoms with E-state index < -0.39 is 0 Å². The Morgan fingerprint density at radius 3 is 2.56 bits per heavy atom. The highest BCUT2D eigenvalue weighted by atomic mass is 15.0. The number of nitrogens with zero attached hydrogens (tertiary/aromatic N) is 2. The second-order valence-electron chi connectivity index (χ2n) is 3.66. The van der Waals surface area contributed by atoms with E-state index in [0.29, 0.717) is 0 Å². The van der Waals surface area contributed by atoms with Gasteiger partial charge in [0.1, 0.15) is 5.82 Å². The highest BCUT2D eigenvalue weighted by Crippen LogP contribution is 2.16. The lowest BCUT2D eigenvalue weighted by Crippen LogP contribution is -2.00. The molecule has 1 aromatic heterocycles. The highest BCUT2D eigenvalue weighted by molar-refractivity contribution is 5.57. The number of hydrogen-bond donors (Lipinski definition) is 1. The summed E-state index contributed by atoms with van der Waals surface area (Å²) in [6.45, 7) is 4.98. The zero-order valence-electron chi connectivity index (χ0n) is 9.57. The molecule has 0 aliphatic heterocycles. The Hall–Kier alpha value is -1.90. The van der Waals surface area contributed by atoms with Crippen molar-refractivity contribution in [2.75, 3.05) is 11.9 Å². The van der Waals surface area contributed by atoms with Crippen LogP contribution in [0.1, 0.15) is 12.5 Å². The third kappa shape index (κ3) is 2.37. The summed E-state index contributed by atoms with van der Waals surface area (Å²) in [5.74, 6) is 1.63. The lowest BCUT2D eigenvalue weighted by atomic mass is 10.1. The third-order valence-corrected chi connectivity index (χ3v) is 2.32. The molecule has 0 aliphatic rings. The maximum absolute atomic E-state index is 4.44. The van der Waals surface area contributed by atoms with Crippen molar-refractivity contribution in [3.63, 3.8) is 0 Å². The van der Waals surface area contributed by atoms with Gasteiger partial charge in [-0.1, -0.05) is 29.8 Å². The average Bonchev–Trinajstić information content (AvgIpc) is 2.31. The smallest absolute Gasteiger partial charge is 0.161 e. The first kappa shape index (κ1) is 10.6. The van der Waals surface area contributed by atoms with Crippen molar-refractivity contribution in [3.8, 4) is 11.4 Å². The van der Waals surface area contributed by atoms with Crippen LogP contribution < -0.4 is 5.32 Å². The molecule has 0 atom stereocenters. The molecule has 0 bridgehead atoms. The Bertz CT molecular complexity index is 463. The first-order valence-corrected chi connectivity index (χ1v) is 5.43. The number of nitrogens with one attached hydrogen (secondary N) is 1. The standard InChI is InChI=1S/C13H15N3/c1-3-14-12-8-9-15-13(16-12)11-6-4-10(2)5-7-11/h4-9H,3H2,1-2H3,(H,14,15,16). The van der Waals surface area contributed by atoms with E-state index in [-0.39, 0.29) is 0 Å². The lowest BCUT2D eigenvalue weighted by Gasteiger charge is -2.04. The maximum Gasteiger partial charge on any atom is 0.161 e. The summed E-state index contributed by atoms with van der Waals surface area (Å²) >= 11 is 0. The fourth-order valence-electron chi connectivity index (χ4n) is 1.48. The van der Waals surface area contributed by atoms with Crippen LogP contribution in [0.5, 0.6) is 0 Å². The molecular weight excluding hydrogens is 198 g/mol. The van der Waals surface area contributed by atoms with Crippen molar-refractivity contribution >= 4 is 5.82 Å². The first-order valence-electron chi connectivity index (χ1n) is 5.43. The van der Waals surface area contributed by atoms with Gasteiger partial charge in [-0.25, -0.2) is 9.97 Å². The summed E-state index contributed by atoms with van der Waals surface area (Å²) < 4.78 is 0. The number of hydrogen-bond acceptors (Lipinski definition) is 3. The summed E-state index contributed by atoms with van der Waals surface area (Å²) in [5.41, 5.74) is 2.29. The predicted molar refractivity (Wildman–Crippen MR) is 66.4 cm³/mol. The van der Waals surface area contributed by atoms with E-state index >= 15 is 0 Å². The van der Waals surface area contributed by atoms with Crippen LogP contribution in [0.2, 0.25) is 0 Å². The summed E-state index contributed by atoms with van der Waals surface area (Å²) in [4.78, 5) is 8.71. The molecule has 3 nitrogen and oxygen atoms in total. The van der Waals surface area contributed by atoms with E-state index in [4.69, 9.17) is 0 Å². The molecule has 0 saturated carbocycles. The molecule has 3 heteroatoms. The topological polar surface area (TPSA) is 37.8 Å². The second-order valence-corrected chi connectivity index (χ2v) is 3.66. The molecule has 0 fully saturated rings. The van der Waals surface area contributed by atoms with Gasteiger partial charge in [-0.15, -0.1) is 0 Å². The molecule has 0 aliphatic carbocycles. The summed E-state index contributed by atoms with van der Waals surface area (Å²) in [6, 6.07) is 10.1. The highest BCUT2D eigenvalue weighted by Gasteiger charge is 2.01. The van der Waals surface area contributed by atoms with Crippen LogP contribution in [-0.2, 0) is 0 Å². The molecule has 0 radical (unpaired) electrons. The van der Waals surface area contributed by atoms with Gasteiger partial charge in [0.2, 0.25) is 0 Å². The fraction of sp³-hybridized carbons (Fsp3) is 0.231. The van der Waals surface area contributed by atoms with Gasteiger partial charge in [0.25, 0.3) is 0 Å². The minimum atomic E-state index is 0.762. The number of rotatable bonds is 3. The molecule has 0 spiro atoms. The fourth-order valence-corrected chi connectivity index (χ4v) is 1.48. The summed E-state index contributed by atoms with van der Waals surface area (Å²) in [5, 5.41) is 3.18. The van der Waals surface area contributed by atoms with Crippen LogP contribution in [-0.4, -0.2) is 16.5 Å². The van der Waals surface area contributed by atoms with E-state index in [1.54, 1.807) is 6.20 Å². The molecule has 82 valence electrons. The van der Waals surface area contributed by atoms with Crippen LogP contribution in [0.3, 0.4) is 0 Å². The number of aromatic nitrogens is 2. The van der Waals surface area contributed by atoms with Gasteiger partial charge < -0.3 is 5.32 Å². The molecule has 0 saturated heterocycles. The predicted octanol–water partition coefficient (Wildman–Crippen LogP) is 2.88. The van der Waals surface area contributed by atoms with Crippen molar-refractivity contribution in [2.24, 2.45) is 0 Å². The number of benzene rings is 1. The minimum absolute atomic E-state index is 0.762. The molecule has 2 rings (SSSR count). The van der Waals surface area contributed by atoms with E-state index in [0.717, 1.165) is 23.8 Å². The van der Waals surface area contributed by atoms with E-state index in [1.807, 2.05) is 25.1 Å². The first-order chi connectivity index (χ1) is 7.79. The Morgan fingerprint density at radius 2 is 1.88 bits per heavy atom. The van der Waals surface area contributed by atoms with Gasteiger partial charge >= 0.3 is 0 Å². The Balaban J connectivity index is 2.32. The number of aryl methyl sites for hydroxylation is 1. The van der Waals surface area contributed by atoms with Gasteiger partial charge in [-0.3, -0.25) is 0 Å². The SMILES string of the molecule is CCNc1ccnc(-c2ccc(C)cc2)n1. The largest absolute Gasteiger partial charge is 0.370 e. The average molecular weight is 213 g/mol. The van der Waals surface area contributed by atoms with Crippen LogP contribution in [0.15, 0.2) is 36.5 Å². The zero-order chi connectivity index (χ0) is 11.4. The van der Waals surface area contributed by atoms with E-state index in [9.17, 15) is 0 Å². The monoisotopic (exact) mass is 213 g/mol. The van der Waals surface area contributed by atoms with Crippen molar-refractivity contribution in [1.29, 1.82) is 0 Å². The normalized spacial score (nSPS) is 10.1. The van der Waals surface area contributed by atoms with Crippen LogP contribution in [0.25, 0.3) is 11.4 Å². The van der Waals surface area contributed by atoms with Crippen LogP contribution in [0.4, 0.5) is 5.82 Å². The molecule has 1 N–H and O–H groups in total. The Morgan fingerprint density at radius 1 is 1.12 bits per heavy atom. The molecule has 2 aromatic rings. The van der Waals surface area contributed by atoms with Gasteiger partial charge in [0.15, 0.2) is 5.82 Å². The number of anilines is 1. The molecule has 0 unspecified atom stereocenters. The van der Waals surface area contributed by atoms with Crippen molar-refractivity contribution in [3.05, 3.63) is 42.1 Å². The maximum atomic E-state index is 4.44. The zero-order valence-corrected chi connectivity index (χ0v) is 9.57. The molecule has 16 heavy (non-hydrogen) atoms. The second kappa shape index (κ2) is 4.75. The van der Waals surface area contributed by atoms with Crippen LogP contribution >= 0.6 is 0 Å². The van der Waals surface area contributed by atoms with Crippen LogP contribution in [0, 0.1) is 6.92 Å². The van der Waals surface area contributed by atoms with Gasteiger partial charge in [0.05, 0.1) is 0 Å². The molecule has 0 amide bonds. The minimum Gasteiger partial charge on any atom is -0.370 e. The van der Waals surface area contributed by atoms with E-state index in [2.05, 4.69) is 34.3 Å². The third-order valence-electron chi connectivity index (χ3n) is 2.32. The van der Waals surface area contributed by atoms with Crippen molar-refractivity contribution in [2.45, 2.75) is 13.8 Å². The quantitative estimate of drug-likeness (QED) is 0.851. The molecule has 1 aromatic carbocycles. The van der Waals surface area contributed by atoms with E-state index in [1.165, 1.54) is 5.56 Å². The van der Waals surface area contributed by atoms with Gasteiger partial charge in [-0.2, -0.15) is 0 Å². The van der Waals surface area contributed by atoms with Crippen molar-refractivity contribution in [1.82, 2.24) is 9.97 Å². The summed E-state index contributed by atoms with van der Waals surface area (Å²) in [6.07, 6.45) is 1.78. The Kier molecular flexibility index (Phi) is 3.15. The molecule has 1 heterocycles. The lowest BCUT2D eigenvalue weighted by molar-refractivity contribution is 1.12. The van der Waals surface area contributed by atoms with Crippen molar-refractivity contribution < 1.29 is 0 Å².